The molecular weight excluding hydrogens is 441 g/mol. The van der Waals surface area contributed by atoms with Gasteiger partial charge in [-0.25, -0.2) is 9.79 Å². The molecule has 0 spiro atoms. The molecule has 0 fully saturated rings. The Kier molecular flexibility index (Phi) is 6.47. The number of carbonyl (C=O) groups excluding carboxylic acids is 2. The minimum absolute atomic E-state index is 0.0579. The van der Waals surface area contributed by atoms with Crippen molar-refractivity contribution in [3.8, 4) is 11.5 Å². The van der Waals surface area contributed by atoms with Crippen LogP contribution in [0.15, 0.2) is 41.0 Å². The van der Waals surface area contributed by atoms with E-state index in [2.05, 4.69) is 4.99 Å². The van der Waals surface area contributed by atoms with Gasteiger partial charge < -0.3 is 14.2 Å². The van der Waals surface area contributed by atoms with E-state index in [-0.39, 0.29) is 34.5 Å². The zero-order valence-corrected chi connectivity index (χ0v) is 17.6. The second kappa shape index (κ2) is 8.86. The van der Waals surface area contributed by atoms with Gasteiger partial charge in [0.15, 0.2) is 17.2 Å². The number of cyclic esters (lactones) is 1. The molecule has 0 aliphatic carbocycles. The summed E-state index contributed by atoms with van der Waals surface area (Å²) in [6, 6.07) is 7.86. The lowest BCUT2D eigenvalue weighted by Crippen LogP contribution is -2.07. The maximum atomic E-state index is 12.2. The summed E-state index contributed by atoms with van der Waals surface area (Å²) in [5.74, 6) is -0.635. The highest BCUT2D eigenvalue weighted by molar-refractivity contribution is 6.42. The highest BCUT2D eigenvalue weighted by atomic mass is 35.5. The summed E-state index contributed by atoms with van der Waals surface area (Å²) < 4.78 is 15.7. The average Bonchev–Trinajstić information content (AvgIpc) is 3.05. The zero-order chi connectivity index (χ0) is 21.1. The molecule has 0 radical (unpaired) electrons. The smallest absolute Gasteiger partial charge is 0.363 e. The van der Waals surface area contributed by atoms with Crippen molar-refractivity contribution >= 4 is 58.7 Å². The molecule has 29 heavy (non-hydrogen) atoms. The fourth-order valence-corrected chi connectivity index (χ4v) is 2.98. The Labute approximate surface area is 181 Å². The van der Waals surface area contributed by atoms with Gasteiger partial charge in [-0.1, -0.05) is 41.7 Å². The number of esters is 2. The molecule has 3 rings (SSSR count). The van der Waals surface area contributed by atoms with Crippen LogP contribution in [0.1, 0.15) is 24.5 Å². The Morgan fingerprint density at radius 3 is 2.55 bits per heavy atom. The molecule has 0 aromatic heterocycles. The summed E-state index contributed by atoms with van der Waals surface area (Å²) in [5.41, 5.74) is 1.07. The molecule has 6 nitrogen and oxygen atoms in total. The van der Waals surface area contributed by atoms with Crippen molar-refractivity contribution in [3.63, 3.8) is 0 Å². The molecule has 0 unspecified atom stereocenters. The number of nitrogens with zero attached hydrogens (tertiary/aromatic N) is 1. The van der Waals surface area contributed by atoms with Crippen LogP contribution in [0.5, 0.6) is 11.5 Å². The Balaban J connectivity index is 1.95. The number of methoxy groups -OCH3 is 1. The van der Waals surface area contributed by atoms with Crippen molar-refractivity contribution in [1.29, 1.82) is 0 Å². The Bertz CT molecular complexity index is 1060. The molecule has 2 aromatic rings. The number of carbonyl (C=O) groups is 2. The molecule has 150 valence electrons. The van der Waals surface area contributed by atoms with Gasteiger partial charge >= 0.3 is 11.9 Å². The van der Waals surface area contributed by atoms with Crippen molar-refractivity contribution in [3.05, 3.63) is 62.2 Å². The van der Waals surface area contributed by atoms with Crippen LogP contribution in [0, 0.1) is 0 Å². The van der Waals surface area contributed by atoms with E-state index in [1.807, 2.05) is 0 Å². The standard InChI is InChI=1S/C20H14Cl3NO5/c1-3-17(25)28-18-14(23)6-10(8-16(18)27-2)7-15-20(26)29-19(24-15)11-4-5-12(21)13(22)9-11/h4-9H,3H2,1-2H3/b15-7-. The van der Waals surface area contributed by atoms with Gasteiger partial charge in [0.25, 0.3) is 0 Å². The third-order valence-corrected chi connectivity index (χ3v) is 4.87. The van der Waals surface area contributed by atoms with Gasteiger partial charge in [0.2, 0.25) is 5.90 Å². The molecule has 0 atom stereocenters. The minimum Gasteiger partial charge on any atom is -0.493 e. The average molecular weight is 455 g/mol. The van der Waals surface area contributed by atoms with Crippen molar-refractivity contribution in [2.24, 2.45) is 4.99 Å². The largest absolute Gasteiger partial charge is 0.493 e. The van der Waals surface area contributed by atoms with Gasteiger partial charge in [0, 0.05) is 12.0 Å². The van der Waals surface area contributed by atoms with Crippen LogP contribution in [-0.2, 0) is 14.3 Å². The third-order valence-electron chi connectivity index (χ3n) is 3.85. The van der Waals surface area contributed by atoms with E-state index in [1.54, 1.807) is 31.2 Å². The SMILES string of the molecule is CCC(=O)Oc1c(Cl)cc(/C=C2\N=C(c3ccc(Cl)c(Cl)c3)OC2=O)cc1OC. The predicted molar refractivity (Wildman–Crippen MR) is 111 cm³/mol. The van der Waals surface area contributed by atoms with Gasteiger partial charge in [0.1, 0.15) is 0 Å². The molecule has 0 N–H and O–H groups in total. The normalized spacial score (nSPS) is 14.6. The fraction of sp³-hybridized carbons (Fsp3) is 0.150. The fourth-order valence-electron chi connectivity index (χ4n) is 2.43. The molecule has 1 heterocycles. The summed E-state index contributed by atoms with van der Waals surface area (Å²) >= 11 is 18.1. The van der Waals surface area contributed by atoms with Crippen LogP contribution in [0.3, 0.4) is 0 Å². The molecule has 9 heteroatoms. The minimum atomic E-state index is -0.636. The quantitative estimate of drug-likeness (QED) is 0.347. The Hall–Kier alpha value is -2.54. The first-order chi connectivity index (χ1) is 13.8. The van der Waals surface area contributed by atoms with Crippen molar-refractivity contribution in [2.75, 3.05) is 7.11 Å². The van der Waals surface area contributed by atoms with Gasteiger partial charge in [0.05, 0.1) is 22.2 Å². The second-order valence-electron chi connectivity index (χ2n) is 5.83. The predicted octanol–water partition coefficient (Wildman–Crippen LogP) is 5.32. The van der Waals surface area contributed by atoms with E-state index in [0.29, 0.717) is 21.2 Å². The van der Waals surface area contributed by atoms with E-state index in [0.717, 1.165) is 0 Å². The number of rotatable bonds is 5. The molecule has 1 aliphatic rings. The molecule has 1 aliphatic heterocycles. The summed E-state index contributed by atoms with van der Waals surface area (Å²) in [5, 5.41) is 0.842. The first-order valence-electron chi connectivity index (χ1n) is 8.38. The van der Waals surface area contributed by atoms with Crippen molar-refractivity contribution < 1.29 is 23.8 Å². The summed E-state index contributed by atoms with van der Waals surface area (Å²) in [4.78, 5) is 28.0. The monoisotopic (exact) mass is 453 g/mol. The molecule has 0 amide bonds. The van der Waals surface area contributed by atoms with Gasteiger partial charge in [-0.2, -0.15) is 0 Å². The van der Waals surface area contributed by atoms with Crippen LogP contribution in [0.2, 0.25) is 15.1 Å². The summed E-state index contributed by atoms with van der Waals surface area (Å²) in [6.07, 6.45) is 1.66. The molecular formula is C20H14Cl3NO5. The lowest BCUT2D eigenvalue weighted by atomic mass is 10.1. The molecule has 0 saturated heterocycles. The van der Waals surface area contributed by atoms with E-state index in [9.17, 15) is 9.59 Å². The van der Waals surface area contributed by atoms with E-state index < -0.39 is 11.9 Å². The first kappa shape index (κ1) is 21.2. The maximum absolute atomic E-state index is 12.2. The highest BCUT2D eigenvalue weighted by Gasteiger charge is 2.25. The van der Waals surface area contributed by atoms with Crippen LogP contribution >= 0.6 is 34.8 Å². The number of halogens is 3. The van der Waals surface area contributed by atoms with E-state index in [4.69, 9.17) is 49.0 Å². The number of benzene rings is 2. The second-order valence-corrected chi connectivity index (χ2v) is 7.05. The number of ether oxygens (including phenoxy) is 3. The Morgan fingerprint density at radius 1 is 1.14 bits per heavy atom. The van der Waals surface area contributed by atoms with Gasteiger partial charge in [-0.15, -0.1) is 0 Å². The molecule has 2 aromatic carbocycles. The summed E-state index contributed by atoms with van der Waals surface area (Å²) in [7, 11) is 1.41. The van der Waals surface area contributed by atoms with Crippen molar-refractivity contribution in [2.45, 2.75) is 13.3 Å². The topological polar surface area (TPSA) is 74.2 Å². The lowest BCUT2D eigenvalue weighted by Gasteiger charge is -2.11. The maximum Gasteiger partial charge on any atom is 0.363 e. The first-order valence-corrected chi connectivity index (χ1v) is 9.52. The number of aliphatic imine (C=N–C) groups is 1. The summed E-state index contributed by atoms with van der Waals surface area (Å²) in [6.45, 7) is 1.66. The van der Waals surface area contributed by atoms with E-state index >= 15 is 0 Å². The number of hydrogen-bond acceptors (Lipinski definition) is 6. The van der Waals surface area contributed by atoms with Crippen LogP contribution in [-0.4, -0.2) is 24.9 Å². The van der Waals surface area contributed by atoms with Gasteiger partial charge in [-0.3, -0.25) is 4.79 Å². The zero-order valence-electron chi connectivity index (χ0n) is 15.3. The third kappa shape index (κ3) is 4.72. The highest BCUT2D eigenvalue weighted by Crippen LogP contribution is 2.37. The lowest BCUT2D eigenvalue weighted by molar-refractivity contribution is -0.134. The molecule has 0 bridgehead atoms. The number of hydrogen-bond donors (Lipinski definition) is 0. The molecule has 0 saturated carbocycles. The Morgan fingerprint density at radius 2 is 1.90 bits per heavy atom. The van der Waals surface area contributed by atoms with Crippen LogP contribution in [0.4, 0.5) is 0 Å². The van der Waals surface area contributed by atoms with Crippen LogP contribution in [0.25, 0.3) is 6.08 Å². The van der Waals surface area contributed by atoms with Crippen LogP contribution < -0.4 is 9.47 Å². The van der Waals surface area contributed by atoms with Gasteiger partial charge in [-0.05, 0) is 42.0 Å². The van der Waals surface area contributed by atoms with Crippen molar-refractivity contribution in [1.82, 2.24) is 0 Å². The van der Waals surface area contributed by atoms with E-state index in [1.165, 1.54) is 19.3 Å².